The zero-order chi connectivity index (χ0) is 22.6. The number of hydrogen-bond acceptors (Lipinski definition) is 5. The van der Waals surface area contributed by atoms with Crippen LogP contribution in [-0.4, -0.2) is 31.7 Å². The molecule has 0 spiro atoms. The summed E-state index contributed by atoms with van der Waals surface area (Å²) in [6, 6.07) is 9.16. The van der Waals surface area contributed by atoms with Crippen LogP contribution in [0.4, 0.5) is 11.6 Å². The van der Waals surface area contributed by atoms with Gasteiger partial charge in [0.25, 0.3) is 0 Å². The first-order valence-electron chi connectivity index (χ1n) is 12.5. The van der Waals surface area contributed by atoms with E-state index >= 15 is 0 Å². The maximum atomic E-state index is 12.6. The Morgan fingerprint density at radius 1 is 1.00 bits per heavy atom. The molecule has 0 atom stereocenters. The highest BCUT2D eigenvalue weighted by molar-refractivity contribution is 5.97. The molecule has 2 aliphatic carbocycles. The molecule has 174 valence electrons. The van der Waals surface area contributed by atoms with E-state index in [1.54, 1.807) is 18.0 Å². The molecular formula is C26H34N6O. The molecule has 7 heteroatoms. The van der Waals surface area contributed by atoms with E-state index in [2.05, 4.69) is 27.5 Å². The predicted octanol–water partition coefficient (Wildman–Crippen LogP) is 5.44. The highest BCUT2D eigenvalue weighted by Crippen LogP contribution is 2.31. The lowest BCUT2D eigenvalue weighted by Gasteiger charge is -2.24. The van der Waals surface area contributed by atoms with Crippen LogP contribution in [0, 0.1) is 0 Å². The quantitative estimate of drug-likeness (QED) is 0.546. The standard InChI is InChI=1S/C26H34N6O/c1-19(33)31(23-14-12-20(13-15-23)16-27-22-8-4-2-5-9-22)26-28-17-21-18-29-32(25(21)30-26)24-10-6-3-7-11-24/h12-15,17-18,22,24,27H,2-11,16H2,1H3. The molecule has 7 nitrogen and oxygen atoms in total. The Bertz CT molecular complexity index is 1080. The molecule has 2 aromatic heterocycles. The van der Waals surface area contributed by atoms with Gasteiger partial charge >= 0.3 is 0 Å². The van der Waals surface area contributed by atoms with E-state index in [-0.39, 0.29) is 5.91 Å². The number of nitrogens with zero attached hydrogens (tertiary/aromatic N) is 5. The number of rotatable bonds is 6. The second-order valence-corrected chi connectivity index (χ2v) is 9.57. The molecule has 33 heavy (non-hydrogen) atoms. The highest BCUT2D eigenvalue weighted by Gasteiger charge is 2.22. The summed E-state index contributed by atoms with van der Waals surface area (Å²) in [6.07, 6.45) is 16.2. The zero-order valence-corrected chi connectivity index (χ0v) is 19.5. The average Bonchev–Trinajstić information content (AvgIpc) is 3.28. The molecule has 0 radical (unpaired) electrons. The van der Waals surface area contributed by atoms with Crippen LogP contribution in [0.5, 0.6) is 0 Å². The van der Waals surface area contributed by atoms with Gasteiger partial charge in [-0.3, -0.25) is 4.79 Å². The van der Waals surface area contributed by atoms with Crippen LogP contribution >= 0.6 is 0 Å². The van der Waals surface area contributed by atoms with Gasteiger partial charge in [-0.15, -0.1) is 0 Å². The Labute approximate surface area is 195 Å². The fourth-order valence-electron chi connectivity index (χ4n) is 5.30. The van der Waals surface area contributed by atoms with Crippen molar-refractivity contribution in [2.75, 3.05) is 4.90 Å². The highest BCUT2D eigenvalue weighted by atomic mass is 16.2. The number of fused-ring (bicyclic) bond motifs is 1. The van der Waals surface area contributed by atoms with Gasteiger partial charge in [0, 0.05) is 25.7 Å². The maximum absolute atomic E-state index is 12.6. The average molecular weight is 447 g/mol. The third-order valence-electron chi connectivity index (χ3n) is 7.15. The summed E-state index contributed by atoms with van der Waals surface area (Å²) in [5, 5.41) is 9.21. The van der Waals surface area contributed by atoms with Crippen LogP contribution in [0.1, 0.15) is 82.7 Å². The number of anilines is 2. The van der Waals surface area contributed by atoms with Crippen molar-refractivity contribution in [1.29, 1.82) is 0 Å². The third-order valence-corrected chi connectivity index (χ3v) is 7.15. The summed E-state index contributed by atoms with van der Waals surface area (Å²) in [6.45, 7) is 2.42. The summed E-state index contributed by atoms with van der Waals surface area (Å²) in [7, 11) is 0. The Kier molecular flexibility index (Phi) is 6.67. The van der Waals surface area contributed by atoms with Crippen molar-refractivity contribution in [3.63, 3.8) is 0 Å². The Morgan fingerprint density at radius 2 is 1.70 bits per heavy atom. The monoisotopic (exact) mass is 446 g/mol. The number of amides is 1. The van der Waals surface area contributed by atoms with Crippen molar-refractivity contribution in [3.8, 4) is 0 Å². The zero-order valence-electron chi connectivity index (χ0n) is 19.5. The van der Waals surface area contributed by atoms with Gasteiger partial charge in [-0.2, -0.15) is 10.1 Å². The first kappa shape index (κ1) is 22.0. The lowest BCUT2D eigenvalue weighted by Crippen LogP contribution is -2.30. The van der Waals surface area contributed by atoms with Gasteiger partial charge < -0.3 is 5.32 Å². The Morgan fingerprint density at radius 3 is 2.39 bits per heavy atom. The maximum Gasteiger partial charge on any atom is 0.238 e. The molecule has 2 fully saturated rings. The van der Waals surface area contributed by atoms with E-state index < -0.39 is 0 Å². The Hall–Kier alpha value is -2.80. The minimum Gasteiger partial charge on any atom is -0.310 e. The van der Waals surface area contributed by atoms with Gasteiger partial charge in [-0.25, -0.2) is 14.6 Å². The molecule has 0 saturated heterocycles. The summed E-state index contributed by atoms with van der Waals surface area (Å²) in [5.41, 5.74) is 2.82. The molecule has 5 rings (SSSR count). The topological polar surface area (TPSA) is 75.9 Å². The van der Waals surface area contributed by atoms with Crippen LogP contribution in [-0.2, 0) is 11.3 Å². The third kappa shape index (κ3) is 4.93. The lowest BCUT2D eigenvalue weighted by atomic mass is 9.95. The molecule has 2 aliphatic rings. The van der Waals surface area contributed by atoms with Crippen molar-refractivity contribution < 1.29 is 4.79 Å². The fourth-order valence-corrected chi connectivity index (χ4v) is 5.30. The molecule has 3 aromatic rings. The van der Waals surface area contributed by atoms with Crippen molar-refractivity contribution in [3.05, 3.63) is 42.2 Å². The van der Waals surface area contributed by atoms with Crippen molar-refractivity contribution >= 4 is 28.6 Å². The van der Waals surface area contributed by atoms with E-state index in [1.165, 1.54) is 56.9 Å². The molecule has 2 saturated carbocycles. The van der Waals surface area contributed by atoms with Gasteiger partial charge in [0.05, 0.1) is 23.3 Å². The van der Waals surface area contributed by atoms with E-state index in [0.29, 0.717) is 18.0 Å². The fraction of sp³-hybridized carbons (Fsp3) is 0.538. The summed E-state index contributed by atoms with van der Waals surface area (Å²) < 4.78 is 2.04. The number of nitrogens with one attached hydrogen (secondary N) is 1. The molecule has 0 bridgehead atoms. The van der Waals surface area contributed by atoms with Crippen LogP contribution in [0.2, 0.25) is 0 Å². The summed E-state index contributed by atoms with van der Waals surface area (Å²) in [4.78, 5) is 23.5. The first-order chi connectivity index (χ1) is 16.2. The number of benzene rings is 1. The van der Waals surface area contributed by atoms with E-state index in [4.69, 9.17) is 4.98 Å². The van der Waals surface area contributed by atoms with Gasteiger partial charge in [-0.1, -0.05) is 50.7 Å². The largest absolute Gasteiger partial charge is 0.310 e. The molecule has 1 amide bonds. The van der Waals surface area contributed by atoms with E-state index in [0.717, 1.165) is 36.1 Å². The molecule has 0 unspecified atom stereocenters. The van der Waals surface area contributed by atoms with Crippen LogP contribution < -0.4 is 10.2 Å². The smallest absolute Gasteiger partial charge is 0.238 e. The number of aromatic nitrogens is 4. The van der Waals surface area contributed by atoms with Crippen LogP contribution in [0.15, 0.2) is 36.7 Å². The summed E-state index contributed by atoms with van der Waals surface area (Å²) >= 11 is 0. The lowest BCUT2D eigenvalue weighted by molar-refractivity contribution is -0.115. The van der Waals surface area contributed by atoms with Crippen LogP contribution in [0.3, 0.4) is 0 Å². The number of carbonyl (C=O) groups excluding carboxylic acids is 1. The number of carbonyl (C=O) groups is 1. The minimum atomic E-state index is -0.105. The summed E-state index contributed by atoms with van der Waals surface area (Å²) in [5.74, 6) is 0.298. The van der Waals surface area contributed by atoms with Gasteiger partial charge in [0.2, 0.25) is 11.9 Å². The number of hydrogen-bond donors (Lipinski definition) is 1. The van der Waals surface area contributed by atoms with E-state index in [9.17, 15) is 4.79 Å². The normalized spacial score (nSPS) is 18.0. The Balaban J connectivity index is 1.36. The first-order valence-corrected chi connectivity index (χ1v) is 12.5. The minimum absolute atomic E-state index is 0.105. The van der Waals surface area contributed by atoms with E-state index in [1.807, 2.05) is 23.0 Å². The van der Waals surface area contributed by atoms with Gasteiger partial charge in [0.15, 0.2) is 5.65 Å². The molecular weight excluding hydrogens is 412 g/mol. The molecule has 1 aromatic carbocycles. The van der Waals surface area contributed by atoms with Crippen molar-refractivity contribution in [2.24, 2.45) is 0 Å². The van der Waals surface area contributed by atoms with Gasteiger partial charge in [-0.05, 0) is 43.4 Å². The van der Waals surface area contributed by atoms with Crippen molar-refractivity contribution in [1.82, 2.24) is 25.1 Å². The van der Waals surface area contributed by atoms with Gasteiger partial charge in [0.1, 0.15) is 0 Å². The van der Waals surface area contributed by atoms with Crippen LogP contribution in [0.25, 0.3) is 11.0 Å². The molecule has 2 heterocycles. The predicted molar refractivity (Wildman–Crippen MR) is 130 cm³/mol. The second-order valence-electron chi connectivity index (χ2n) is 9.57. The second kappa shape index (κ2) is 10.00. The molecule has 0 aliphatic heterocycles. The SMILES string of the molecule is CC(=O)N(c1ccc(CNC2CCCCC2)cc1)c1ncc2cnn(C3CCCCC3)c2n1. The van der Waals surface area contributed by atoms with Crippen molar-refractivity contribution in [2.45, 2.75) is 89.8 Å². The molecule has 1 N–H and O–H groups in total.